The third-order valence-corrected chi connectivity index (χ3v) is 9.68. The van der Waals surface area contributed by atoms with Gasteiger partial charge < -0.3 is 20.7 Å². The van der Waals surface area contributed by atoms with Crippen molar-refractivity contribution in [2.24, 2.45) is 5.73 Å². The van der Waals surface area contributed by atoms with Gasteiger partial charge >= 0.3 is 0 Å². The average molecular weight is 622 g/mol. The Balaban J connectivity index is 1.23. The number of fused-ring (bicyclic) bond motifs is 2. The van der Waals surface area contributed by atoms with Gasteiger partial charge in [0, 0.05) is 70.2 Å². The molecule has 3 N–H and O–H groups in total. The van der Waals surface area contributed by atoms with Crippen LogP contribution in [-0.4, -0.2) is 47.4 Å². The number of aryl methyl sites for hydroxylation is 2. The smallest absolute Gasteiger partial charge is 0.251 e. The average Bonchev–Trinajstić information content (AvgIpc) is 3.59. The molecule has 0 bridgehead atoms. The second kappa shape index (κ2) is 10.9. The minimum absolute atomic E-state index is 0.0289. The summed E-state index contributed by atoms with van der Waals surface area (Å²) in [6.45, 7) is 6.76. The molecular formula is C36H36FN5O4. The summed E-state index contributed by atoms with van der Waals surface area (Å²) in [6.07, 6.45) is 2.96. The number of hydrogen-bond donors (Lipinski definition) is 2. The molecule has 0 radical (unpaired) electrons. The zero-order valence-corrected chi connectivity index (χ0v) is 26.2. The number of primary amides is 1. The van der Waals surface area contributed by atoms with Crippen molar-refractivity contribution in [1.82, 2.24) is 15.3 Å². The quantitative estimate of drug-likeness (QED) is 0.280. The number of pyridine rings is 2. The van der Waals surface area contributed by atoms with Crippen LogP contribution in [0, 0.1) is 19.7 Å². The van der Waals surface area contributed by atoms with Crippen LogP contribution in [-0.2, 0) is 20.4 Å². The number of nitrogens with one attached hydrogen (secondary N) is 1. The lowest BCUT2D eigenvalue weighted by molar-refractivity contribution is -0.119. The van der Waals surface area contributed by atoms with Crippen molar-refractivity contribution in [3.05, 3.63) is 82.4 Å². The monoisotopic (exact) mass is 621 g/mol. The minimum atomic E-state index is -0.650. The Hall–Kier alpha value is -4.86. The van der Waals surface area contributed by atoms with Gasteiger partial charge in [0.2, 0.25) is 11.8 Å². The number of carbonyl (C=O) groups excluding carboxylic acids is 3. The second-order valence-electron chi connectivity index (χ2n) is 13.3. The molecule has 1 saturated carbocycles. The standard InChI is InChI=1S/C36H36FN5O4/c1-20-13-22(8-9-26(20)37)32-33-25(35(3,19-46-33)17-29(38)43)16-28(41-32)36(10-11-36)18-39-34(45)24-14-23-7-6-21(2)40-31(23)27(15-24)42-12-4-5-30(42)44/h6-9,13-16H,4-5,10-12,17-19H2,1-3H3,(H2,38,43)(H,39,45)/t35-/m0/s1. The fraction of sp³-hybridized carbons (Fsp3) is 0.361. The van der Waals surface area contributed by atoms with Gasteiger partial charge in [-0.1, -0.05) is 13.0 Å². The highest BCUT2D eigenvalue weighted by Crippen LogP contribution is 2.52. The molecule has 1 aliphatic carbocycles. The number of aromatic nitrogens is 2. The topological polar surface area (TPSA) is 128 Å². The summed E-state index contributed by atoms with van der Waals surface area (Å²) >= 11 is 0. The van der Waals surface area contributed by atoms with Crippen molar-refractivity contribution in [3.63, 3.8) is 0 Å². The van der Waals surface area contributed by atoms with Crippen molar-refractivity contribution in [3.8, 4) is 17.0 Å². The van der Waals surface area contributed by atoms with Crippen LogP contribution >= 0.6 is 0 Å². The first-order valence-corrected chi connectivity index (χ1v) is 15.7. The molecule has 2 aromatic carbocycles. The van der Waals surface area contributed by atoms with Gasteiger partial charge in [0.15, 0.2) is 0 Å². The molecule has 2 aliphatic heterocycles. The summed E-state index contributed by atoms with van der Waals surface area (Å²) < 4.78 is 20.4. The molecule has 4 aromatic rings. The molecule has 0 spiro atoms. The lowest BCUT2D eigenvalue weighted by atomic mass is 9.79. The van der Waals surface area contributed by atoms with E-state index in [0.717, 1.165) is 41.6 Å². The molecule has 7 rings (SSSR count). The summed E-state index contributed by atoms with van der Waals surface area (Å²) in [5.74, 6) is -0.391. The number of nitrogens with zero attached hydrogens (tertiary/aromatic N) is 3. The van der Waals surface area contributed by atoms with Gasteiger partial charge in [0.1, 0.15) is 17.3 Å². The van der Waals surface area contributed by atoms with E-state index >= 15 is 0 Å². The van der Waals surface area contributed by atoms with Crippen LogP contribution in [0.3, 0.4) is 0 Å². The number of ether oxygens (including phenoxy) is 1. The van der Waals surface area contributed by atoms with E-state index in [1.807, 2.05) is 38.1 Å². The van der Waals surface area contributed by atoms with E-state index in [2.05, 4.69) is 5.32 Å². The second-order valence-corrected chi connectivity index (χ2v) is 13.3. The van der Waals surface area contributed by atoms with Gasteiger partial charge in [0.25, 0.3) is 5.91 Å². The number of halogens is 1. The van der Waals surface area contributed by atoms with Crippen molar-refractivity contribution in [2.45, 2.75) is 63.7 Å². The van der Waals surface area contributed by atoms with Crippen LogP contribution in [0.25, 0.3) is 22.2 Å². The molecule has 1 atom stereocenters. The molecule has 10 heteroatoms. The maximum atomic E-state index is 14.2. The Kier molecular flexibility index (Phi) is 7.06. The van der Waals surface area contributed by atoms with Gasteiger partial charge in [-0.15, -0.1) is 0 Å². The fourth-order valence-corrected chi connectivity index (χ4v) is 6.81. The van der Waals surface area contributed by atoms with E-state index in [0.29, 0.717) is 58.8 Å². The largest absolute Gasteiger partial charge is 0.490 e. The van der Waals surface area contributed by atoms with E-state index in [1.165, 1.54) is 6.07 Å². The predicted molar refractivity (Wildman–Crippen MR) is 172 cm³/mol. The molecule has 2 aromatic heterocycles. The van der Waals surface area contributed by atoms with Gasteiger partial charge in [-0.3, -0.25) is 19.4 Å². The van der Waals surface area contributed by atoms with E-state index < -0.39 is 16.7 Å². The number of nitrogens with two attached hydrogens (primary N) is 1. The summed E-state index contributed by atoms with van der Waals surface area (Å²) in [5, 5.41) is 3.94. The van der Waals surface area contributed by atoms with Crippen LogP contribution in [0.1, 0.15) is 71.9 Å². The number of anilines is 1. The molecule has 2 fully saturated rings. The summed E-state index contributed by atoms with van der Waals surface area (Å²) in [5.41, 5.74) is 10.6. The highest BCUT2D eigenvalue weighted by Gasteiger charge is 2.49. The van der Waals surface area contributed by atoms with Crippen LogP contribution in [0.2, 0.25) is 0 Å². The first kappa shape index (κ1) is 29.8. The zero-order valence-electron chi connectivity index (χ0n) is 26.2. The van der Waals surface area contributed by atoms with Crippen molar-refractivity contribution in [2.75, 3.05) is 24.6 Å². The Morgan fingerprint density at radius 1 is 1.09 bits per heavy atom. The van der Waals surface area contributed by atoms with Gasteiger partial charge in [-0.2, -0.15) is 0 Å². The normalized spacial score (nSPS) is 19.7. The third-order valence-electron chi connectivity index (χ3n) is 9.68. The molecule has 236 valence electrons. The molecule has 9 nitrogen and oxygen atoms in total. The number of amides is 3. The minimum Gasteiger partial charge on any atom is -0.490 e. The maximum Gasteiger partial charge on any atom is 0.251 e. The molecule has 3 aliphatic rings. The number of hydrogen-bond acceptors (Lipinski definition) is 6. The van der Waals surface area contributed by atoms with Crippen LogP contribution < -0.4 is 20.7 Å². The first-order valence-electron chi connectivity index (χ1n) is 15.7. The summed E-state index contributed by atoms with van der Waals surface area (Å²) in [4.78, 5) is 50.0. The molecule has 3 amide bonds. The maximum absolute atomic E-state index is 14.2. The number of carbonyl (C=O) groups is 3. The highest BCUT2D eigenvalue weighted by atomic mass is 19.1. The molecule has 0 unspecified atom stereocenters. The SMILES string of the molecule is Cc1ccc2cc(C(=O)NCC3(c4cc5c(c(-c6ccc(F)c(C)c6)n4)OC[C@]5(C)CC(N)=O)CC3)cc(N3CCCC3=O)c2n1. The van der Waals surface area contributed by atoms with E-state index in [1.54, 1.807) is 30.0 Å². The van der Waals surface area contributed by atoms with Gasteiger partial charge in [0.05, 0.1) is 17.8 Å². The van der Waals surface area contributed by atoms with E-state index in [-0.39, 0.29) is 30.7 Å². The third kappa shape index (κ3) is 5.15. The molecule has 4 heterocycles. The lowest BCUT2D eigenvalue weighted by Gasteiger charge is -2.24. The van der Waals surface area contributed by atoms with Crippen LogP contribution in [0.4, 0.5) is 10.1 Å². The molecule has 46 heavy (non-hydrogen) atoms. The lowest BCUT2D eigenvalue weighted by Crippen LogP contribution is -2.34. The Morgan fingerprint density at radius 2 is 1.89 bits per heavy atom. The summed E-state index contributed by atoms with van der Waals surface area (Å²) in [7, 11) is 0. The number of benzene rings is 2. The first-order chi connectivity index (χ1) is 22.0. The highest BCUT2D eigenvalue weighted by molar-refractivity contribution is 6.07. The van der Waals surface area contributed by atoms with Crippen LogP contribution in [0.15, 0.2) is 48.5 Å². The summed E-state index contributed by atoms with van der Waals surface area (Å²) in [6, 6.07) is 14.2. The predicted octanol–water partition coefficient (Wildman–Crippen LogP) is 5.17. The Labute approximate surface area is 266 Å². The van der Waals surface area contributed by atoms with E-state index in [9.17, 15) is 18.8 Å². The van der Waals surface area contributed by atoms with E-state index in [4.69, 9.17) is 20.4 Å². The number of rotatable bonds is 8. The Morgan fingerprint density at radius 3 is 2.59 bits per heavy atom. The Bertz CT molecular complexity index is 1950. The fourth-order valence-electron chi connectivity index (χ4n) is 6.81. The van der Waals surface area contributed by atoms with Gasteiger partial charge in [-0.25, -0.2) is 9.37 Å². The van der Waals surface area contributed by atoms with Crippen molar-refractivity contribution < 1.29 is 23.5 Å². The van der Waals surface area contributed by atoms with Gasteiger partial charge in [-0.05, 0) is 81.1 Å². The zero-order chi connectivity index (χ0) is 32.4. The molecular weight excluding hydrogens is 585 g/mol. The molecule has 1 saturated heterocycles. The van der Waals surface area contributed by atoms with Crippen molar-refractivity contribution >= 4 is 34.3 Å². The van der Waals surface area contributed by atoms with Crippen molar-refractivity contribution in [1.29, 1.82) is 0 Å². The van der Waals surface area contributed by atoms with Crippen LogP contribution in [0.5, 0.6) is 5.75 Å².